The highest BCUT2D eigenvalue weighted by Gasteiger charge is 2.38. The van der Waals surface area contributed by atoms with Gasteiger partial charge in [-0.25, -0.2) is 9.59 Å². The summed E-state index contributed by atoms with van der Waals surface area (Å²) in [5.74, 6) is -5.86. The van der Waals surface area contributed by atoms with Crippen molar-refractivity contribution in [3.8, 4) is 0 Å². The topological polar surface area (TPSA) is 178 Å². The molecule has 34 heavy (non-hydrogen) atoms. The smallest absolute Gasteiger partial charge is 0.407 e. The highest BCUT2D eigenvalue weighted by Crippen LogP contribution is 2.14. The van der Waals surface area contributed by atoms with Gasteiger partial charge < -0.3 is 35.1 Å². The van der Waals surface area contributed by atoms with Gasteiger partial charge in [-0.05, 0) is 19.4 Å². The summed E-state index contributed by atoms with van der Waals surface area (Å²) in [6.45, 7) is 2.67. The normalized spacial score (nSPS) is 13.0. The number of carbonyl (C=O) groups is 5. The number of nitrogens with one attached hydrogen (secondary N) is 2. The number of carbonyl (C=O) groups excluding carboxylic acids is 4. The molecule has 1 aromatic carbocycles. The fourth-order valence-electron chi connectivity index (χ4n) is 2.81. The van der Waals surface area contributed by atoms with E-state index < -0.39 is 60.8 Å². The first-order valence-corrected chi connectivity index (χ1v) is 10.6. The van der Waals surface area contributed by atoms with Crippen molar-refractivity contribution in [2.75, 3.05) is 19.8 Å². The van der Waals surface area contributed by atoms with Crippen LogP contribution in [-0.4, -0.2) is 72.0 Å². The number of benzene rings is 1. The predicted molar refractivity (Wildman–Crippen MR) is 116 cm³/mol. The molecule has 1 aromatic rings. The quantitative estimate of drug-likeness (QED) is 0.214. The van der Waals surface area contributed by atoms with Crippen molar-refractivity contribution in [2.24, 2.45) is 5.92 Å². The molecule has 0 fully saturated rings. The Labute approximate surface area is 196 Å². The van der Waals surface area contributed by atoms with Gasteiger partial charge in [0.15, 0.2) is 0 Å². The number of esters is 2. The first kappa shape index (κ1) is 28.4. The molecule has 0 bridgehead atoms. The molecule has 0 saturated heterocycles. The SMILES string of the molecule is CCOC(=O)C[C@H](C(=O)OCC)[C@H](NC(=O)C[C@H](O)CNC(=O)OCc1ccccc1)C(=O)O. The maximum Gasteiger partial charge on any atom is 0.407 e. The molecule has 2 amide bonds. The van der Waals surface area contributed by atoms with Gasteiger partial charge in [-0.1, -0.05) is 30.3 Å². The minimum Gasteiger partial charge on any atom is -0.480 e. The van der Waals surface area contributed by atoms with Crippen molar-refractivity contribution in [1.82, 2.24) is 10.6 Å². The first-order valence-electron chi connectivity index (χ1n) is 10.6. The zero-order chi connectivity index (χ0) is 25.5. The standard InChI is InChI=1S/C22H30N2O10/c1-3-32-18(27)11-16(21(30)33-4-2)19(20(28)29)24-17(26)10-15(25)12-23-22(31)34-13-14-8-6-5-7-9-14/h5-9,15-16,19,25H,3-4,10-13H2,1-2H3,(H,23,31)(H,24,26)(H,28,29)/t15-,16-,19-/m0/s1. The number of ether oxygens (including phenoxy) is 3. The molecule has 0 aliphatic heterocycles. The second kappa shape index (κ2) is 15.2. The Bertz CT molecular complexity index is 830. The number of rotatable bonds is 14. The molecular formula is C22H30N2O10. The Morgan fingerprint density at radius 2 is 1.59 bits per heavy atom. The number of carboxylic acid groups (broad SMARTS) is 1. The molecule has 0 spiro atoms. The molecule has 12 nitrogen and oxygen atoms in total. The van der Waals surface area contributed by atoms with Crippen LogP contribution in [0.25, 0.3) is 0 Å². The molecule has 0 saturated carbocycles. The van der Waals surface area contributed by atoms with E-state index in [1.165, 1.54) is 6.92 Å². The fraction of sp³-hybridized carbons (Fsp3) is 0.500. The van der Waals surface area contributed by atoms with Crippen molar-refractivity contribution >= 4 is 29.9 Å². The van der Waals surface area contributed by atoms with Crippen LogP contribution in [0.15, 0.2) is 30.3 Å². The van der Waals surface area contributed by atoms with Crippen LogP contribution in [0.2, 0.25) is 0 Å². The van der Waals surface area contributed by atoms with Gasteiger partial charge >= 0.3 is 24.0 Å². The molecule has 0 radical (unpaired) electrons. The predicted octanol–water partition coefficient (Wildman–Crippen LogP) is 0.366. The Morgan fingerprint density at radius 3 is 2.18 bits per heavy atom. The summed E-state index contributed by atoms with van der Waals surface area (Å²) in [6.07, 6.45) is -3.40. The number of carboxylic acids is 1. The Kier molecular flexibility index (Phi) is 12.7. The van der Waals surface area contributed by atoms with Crippen LogP contribution in [0.5, 0.6) is 0 Å². The largest absolute Gasteiger partial charge is 0.480 e. The third kappa shape index (κ3) is 10.8. The second-order valence-corrected chi connectivity index (χ2v) is 7.05. The summed E-state index contributed by atoms with van der Waals surface area (Å²) in [5, 5.41) is 23.9. The minimum absolute atomic E-state index is 0.0132. The van der Waals surface area contributed by atoms with Crippen LogP contribution in [0.1, 0.15) is 32.3 Å². The lowest BCUT2D eigenvalue weighted by atomic mass is 9.95. The van der Waals surface area contributed by atoms with Gasteiger partial charge in [-0.15, -0.1) is 0 Å². The van der Waals surface area contributed by atoms with Crippen LogP contribution in [0.4, 0.5) is 4.79 Å². The Balaban J connectivity index is 2.62. The average molecular weight is 482 g/mol. The van der Waals surface area contributed by atoms with E-state index in [2.05, 4.69) is 10.6 Å². The van der Waals surface area contributed by atoms with Gasteiger partial charge in [0.25, 0.3) is 0 Å². The number of alkyl carbamates (subject to hydrolysis) is 1. The molecule has 1 rings (SSSR count). The molecule has 12 heteroatoms. The van der Waals surface area contributed by atoms with Crippen LogP contribution >= 0.6 is 0 Å². The molecule has 0 aliphatic carbocycles. The molecule has 4 N–H and O–H groups in total. The third-order valence-corrected chi connectivity index (χ3v) is 4.38. The van der Waals surface area contributed by atoms with Crippen molar-refractivity contribution in [3.05, 3.63) is 35.9 Å². The number of hydrogen-bond donors (Lipinski definition) is 4. The zero-order valence-corrected chi connectivity index (χ0v) is 19.0. The van der Waals surface area contributed by atoms with Crippen molar-refractivity contribution < 1.29 is 48.4 Å². The van der Waals surface area contributed by atoms with E-state index in [1.54, 1.807) is 31.2 Å². The molecule has 0 aliphatic rings. The van der Waals surface area contributed by atoms with Gasteiger partial charge in [0.05, 0.1) is 38.1 Å². The van der Waals surface area contributed by atoms with E-state index in [1.807, 2.05) is 6.07 Å². The van der Waals surface area contributed by atoms with Gasteiger partial charge in [0.2, 0.25) is 5.91 Å². The first-order chi connectivity index (χ1) is 16.2. The maximum atomic E-state index is 12.3. The minimum atomic E-state index is -1.80. The number of hydrogen-bond acceptors (Lipinski definition) is 9. The van der Waals surface area contributed by atoms with E-state index in [4.69, 9.17) is 14.2 Å². The third-order valence-electron chi connectivity index (χ3n) is 4.38. The zero-order valence-electron chi connectivity index (χ0n) is 19.0. The van der Waals surface area contributed by atoms with Gasteiger partial charge in [0.1, 0.15) is 12.6 Å². The van der Waals surface area contributed by atoms with Crippen LogP contribution in [0.3, 0.4) is 0 Å². The summed E-state index contributed by atoms with van der Waals surface area (Å²) in [7, 11) is 0. The summed E-state index contributed by atoms with van der Waals surface area (Å²) in [4.78, 5) is 59.8. The summed E-state index contributed by atoms with van der Waals surface area (Å²) < 4.78 is 14.6. The summed E-state index contributed by atoms with van der Waals surface area (Å²) in [5.41, 5.74) is 0.760. The van der Waals surface area contributed by atoms with Gasteiger partial charge in [0, 0.05) is 6.54 Å². The van der Waals surface area contributed by atoms with Crippen molar-refractivity contribution in [2.45, 2.75) is 45.4 Å². The van der Waals surface area contributed by atoms with Crippen molar-refractivity contribution in [1.29, 1.82) is 0 Å². The summed E-state index contributed by atoms with van der Waals surface area (Å²) >= 11 is 0. The van der Waals surface area contributed by atoms with E-state index >= 15 is 0 Å². The number of aliphatic hydroxyl groups is 1. The number of aliphatic carboxylic acids is 1. The molecular weight excluding hydrogens is 452 g/mol. The average Bonchev–Trinajstić information content (AvgIpc) is 2.79. The Hall–Kier alpha value is -3.67. The second-order valence-electron chi connectivity index (χ2n) is 7.05. The summed E-state index contributed by atoms with van der Waals surface area (Å²) in [6, 6.07) is 7.09. The van der Waals surface area contributed by atoms with Crippen LogP contribution < -0.4 is 10.6 Å². The maximum absolute atomic E-state index is 12.3. The number of amides is 2. The van der Waals surface area contributed by atoms with E-state index in [0.29, 0.717) is 0 Å². The number of aliphatic hydroxyl groups excluding tert-OH is 1. The Morgan fingerprint density at radius 1 is 0.941 bits per heavy atom. The lowest BCUT2D eigenvalue weighted by Gasteiger charge is -2.23. The monoisotopic (exact) mass is 482 g/mol. The fourth-order valence-corrected chi connectivity index (χ4v) is 2.81. The molecule has 0 unspecified atom stereocenters. The van der Waals surface area contributed by atoms with Crippen LogP contribution in [0, 0.1) is 5.92 Å². The van der Waals surface area contributed by atoms with E-state index in [9.17, 15) is 34.2 Å². The van der Waals surface area contributed by atoms with Crippen molar-refractivity contribution in [3.63, 3.8) is 0 Å². The van der Waals surface area contributed by atoms with Gasteiger partial charge in [-0.2, -0.15) is 0 Å². The van der Waals surface area contributed by atoms with E-state index in [0.717, 1.165) is 5.56 Å². The highest BCUT2D eigenvalue weighted by molar-refractivity contribution is 5.90. The molecule has 0 aromatic heterocycles. The molecule has 0 heterocycles. The van der Waals surface area contributed by atoms with E-state index in [-0.39, 0.29) is 26.4 Å². The molecule has 188 valence electrons. The highest BCUT2D eigenvalue weighted by atomic mass is 16.6. The molecule has 3 atom stereocenters. The lowest BCUT2D eigenvalue weighted by Crippen LogP contribution is -2.50. The van der Waals surface area contributed by atoms with Crippen LogP contribution in [-0.2, 0) is 40.0 Å². The van der Waals surface area contributed by atoms with Gasteiger partial charge in [-0.3, -0.25) is 14.4 Å². The lowest BCUT2D eigenvalue weighted by molar-refractivity contribution is -0.160.